The lowest BCUT2D eigenvalue weighted by molar-refractivity contribution is -0.122. The summed E-state index contributed by atoms with van der Waals surface area (Å²) in [7, 11) is 0. The molecule has 0 aliphatic carbocycles. The van der Waals surface area contributed by atoms with Crippen molar-refractivity contribution in [2.24, 2.45) is 0 Å². The minimum Gasteiger partial charge on any atom is -0.488 e. The van der Waals surface area contributed by atoms with Crippen LogP contribution in [0.4, 0.5) is 0 Å². The summed E-state index contributed by atoms with van der Waals surface area (Å²) in [4.78, 5) is 13.5. The Labute approximate surface area is 151 Å². The zero-order valence-electron chi connectivity index (χ0n) is 14.4. The Bertz CT molecular complexity index is 912. The summed E-state index contributed by atoms with van der Waals surface area (Å²) >= 11 is 0. The van der Waals surface area contributed by atoms with E-state index in [1.54, 1.807) is 0 Å². The smallest absolute Gasteiger partial charge is 0.243 e. The first-order chi connectivity index (χ1) is 12.7. The summed E-state index contributed by atoms with van der Waals surface area (Å²) in [6.45, 7) is 2.47. The molecule has 2 aromatic carbocycles. The molecule has 0 unspecified atom stereocenters. The first-order valence-corrected chi connectivity index (χ1v) is 8.54. The predicted octanol–water partition coefficient (Wildman–Crippen LogP) is 1.77. The van der Waals surface area contributed by atoms with E-state index in [0.29, 0.717) is 12.4 Å². The second-order valence-electron chi connectivity index (χ2n) is 6.31. The molecule has 0 saturated carbocycles. The van der Waals surface area contributed by atoms with Crippen molar-refractivity contribution in [2.75, 3.05) is 6.54 Å². The highest BCUT2D eigenvalue weighted by Gasteiger charge is 2.22. The van der Waals surface area contributed by atoms with Crippen LogP contribution in [0.5, 0.6) is 5.75 Å². The van der Waals surface area contributed by atoms with Gasteiger partial charge >= 0.3 is 0 Å². The van der Waals surface area contributed by atoms with Gasteiger partial charge in [0.15, 0.2) is 0 Å². The van der Waals surface area contributed by atoms with Gasteiger partial charge in [0.05, 0.1) is 6.54 Å². The van der Waals surface area contributed by atoms with Gasteiger partial charge in [-0.05, 0) is 29.3 Å². The van der Waals surface area contributed by atoms with Crippen LogP contribution in [0.15, 0.2) is 48.5 Å². The van der Waals surface area contributed by atoms with Crippen LogP contribution in [0.3, 0.4) is 0 Å². The monoisotopic (exact) mass is 349 g/mol. The van der Waals surface area contributed by atoms with Crippen LogP contribution >= 0.6 is 0 Å². The lowest BCUT2D eigenvalue weighted by Gasteiger charge is -2.11. The van der Waals surface area contributed by atoms with E-state index in [4.69, 9.17) is 4.74 Å². The van der Waals surface area contributed by atoms with Crippen molar-refractivity contribution >= 4 is 5.91 Å². The number of carbonyl (C=O) groups excluding carboxylic acids is 1. The molecule has 0 spiro atoms. The van der Waals surface area contributed by atoms with Crippen LogP contribution in [0, 0.1) is 6.92 Å². The van der Waals surface area contributed by atoms with Gasteiger partial charge in [-0.3, -0.25) is 4.79 Å². The zero-order valence-corrected chi connectivity index (χ0v) is 14.4. The summed E-state index contributed by atoms with van der Waals surface area (Å²) in [5.41, 5.74) is 3.15. The van der Waals surface area contributed by atoms with Gasteiger partial charge in [0.25, 0.3) is 0 Å². The average molecular weight is 349 g/mol. The number of aromatic nitrogens is 4. The summed E-state index contributed by atoms with van der Waals surface area (Å²) in [6.07, 6.45) is 0.762. The number of rotatable bonds is 5. The van der Waals surface area contributed by atoms with E-state index in [0.717, 1.165) is 23.3 Å². The van der Waals surface area contributed by atoms with Crippen LogP contribution in [-0.2, 0) is 17.8 Å². The largest absolute Gasteiger partial charge is 0.488 e. The van der Waals surface area contributed by atoms with Gasteiger partial charge in [0.1, 0.15) is 18.4 Å². The lowest BCUT2D eigenvalue weighted by Crippen LogP contribution is -2.36. The quantitative estimate of drug-likeness (QED) is 0.759. The predicted molar refractivity (Wildman–Crippen MR) is 95.6 cm³/mol. The minimum atomic E-state index is -0.168. The van der Waals surface area contributed by atoms with Gasteiger partial charge in [0, 0.05) is 12.0 Å². The highest BCUT2D eigenvalue weighted by atomic mass is 16.5. The number of nitrogens with zero attached hydrogens (tertiary/aromatic N) is 4. The molecule has 1 atom stereocenters. The molecule has 1 N–H and O–H groups in total. The second kappa shape index (κ2) is 6.95. The standard InChI is InChI=1S/C19H19N5O2/c1-13-6-2-4-8-16(13)19-21-23-24(22-19)12-18(25)20-11-15-10-14-7-3-5-9-17(14)26-15/h2-9,15H,10-12H2,1H3,(H,20,25)/t15-/m0/s1. The number of tetrazole rings is 1. The Kier molecular flexibility index (Phi) is 4.35. The number of ether oxygens (including phenoxy) is 1. The first kappa shape index (κ1) is 16.3. The number of para-hydroxylation sites is 1. The summed E-state index contributed by atoms with van der Waals surface area (Å²) in [5.74, 6) is 1.25. The molecule has 3 aromatic rings. The Morgan fingerprint density at radius 2 is 2.04 bits per heavy atom. The lowest BCUT2D eigenvalue weighted by atomic mass is 10.1. The SMILES string of the molecule is Cc1ccccc1-c1nnn(CC(=O)NC[C@@H]2Cc3ccccc3O2)n1. The molecule has 4 rings (SSSR count). The number of aryl methyl sites for hydroxylation is 1. The Balaban J connectivity index is 1.31. The van der Waals surface area contributed by atoms with Crippen molar-refractivity contribution in [3.05, 3.63) is 59.7 Å². The number of carbonyl (C=O) groups is 1. The summed E-state index contributed by atoms with van der Waals surface area (Å²) < 4.78 is 5.82. The molecule has 0 radical (unpaired) electrons. The summed E-state index contributed by atoms with van der Waals surface area (Å²) in [6, 6.07) is 15.7. The van der Waals surface area contributed by atoms with E-state index >= 15 is 0 Å². The fourth-order valence-corrected chi connectivity index (χ4v) is 3.02. The van der Waals surface area contributed by atoms with Crippen molar-refractivity contribution in [3.8, 4) is 17.1 Å². The van der Waals surface area contributed by atoms with E-state index in [9.17, 15) is 4.79 Å². The van der Waals surface area contributed by atoms with E-state index in [1.165, 1.54) is 10.4 Å². The van der Waals surface area contributed by atoms with Crippen molar-refractivity contribution in [3.63, 3.8) is 0 Å². The fourth-order valence-electron chi connectivity index (χ4n) is 3.02. The van der Waals surface area contributed by atoms with E-state index in [2.05, 4.69) is 20.7 Å². The Hall–Kier alpha value is -3.22. The molecule has 0 bridgehead atoms. The van der Waals surface area contributed by atoms with E-state index < -0.39 is 0 Å². The third kappa shape index (κ3) is 3.42. The van der Waals surface area contributed by atoms with Crippen molar-refractivity contribution in [1.82, 2.24) is 25.5 Å². The molecule has 7 heteroatoms. The van der Waals surface area contributed by atoms with Crippen molar-refractivity contribution in [1.29, 1.82) is 0 Å². The fraction of sp³-hybridized carbons (Fsp3) is 0.263. The maximum atomic E-state index is 12.2. The summed E-state index contributed by atoms with van der Waals surface area (Å²) in [5, 5.41) is 15.2. The third-order valence-corrected chi connectivity index (χ3v) is 4.36. The zero-order chi connectivity index (χ0) is 17.9. The number of nitrogens with one attached hydrogen (secondary N) is 1. The molecule has 7 nitrogen and oxygen atoms in total. The Morgan fingerprint density at radius 1 is 1.23 bits per heavy atom. The molecule has 1 aliphatic heterocycles. The number of benzene rings is 2. The first-order valence-electron chi connectivity index (χ1n) is 8.54. The van der Waals surface area contributed by atoms with Crippen LogP contribution in [-0.4, -0.2) is 38.8 Å². The van der Waals surface area contributed by atoms with Gasteiger partial charge < -0.3 is 10.1 Å². The maximum Gasteiger partial charge on any atom is 0.243 e. The molecule has 26 heavy (non-hydrogen) atoms. The van der Waals surface area contributed by atoms with Crippen LogP contribution in [0.2, 0.25) is 0 Å². The van der Waals surface area contributed by atoms with Gasteiger partial charge in [-0.15, -0.1) is 10.2 Å². The molecule has 2 heterocycles. The third-order valence-electron chi connectivity index (χ3n) is 4.36. The van der Waals surface area contributed by atoms with E-state index in [-0.39, 0.29) is 18.6 Å². The van der Waals surface area contributed by atoms with Crippen LogP contribution in [0.25, 0.3) is 11.4 Å². The van der Waals surface area contributed by atoms with Crippen molar-refractivity contribution in [2.45, 2.75) is 26.0 Å². The molecular weight excluding hydrogens is 330 g/mol. The maximum absolute atomic E-state index is 12.2. The molecule has 1 amide bonds. The average Bonchev–Trinajstić information content (AvgIpc) is 3.27. The molecule has 1 aromatic heterocycles. The van der Waals surface area contributed by atoms with Crippen LogP contribution in [0.1, 0.15) is 11.1 Å². The van der Waals surface area contributed by atoms with Crippen LogP contribution < -0.4 is 10.1 Å². The van der Waals surface area contributed by atoms with Gasteiger partial charge in [-0.1, -0.05) is 42.5 Å². The molecule has 1 aliphatic rings. The second-order valence-corrected chi connectivity index (χ2v) is 6.31. The molecule has 0 saturated heterocycles. The number of hydrogen-bond acceptors (Lipinski definition) is 5. The number of hydrogen-bond donors (Lipinski definition) is 1. The van der Waals surface area contributed by atoms with E-state index in [1.807, 2.05) is 55.5 Å². The van der Waals surface area contributed by atoms with Gasteiger partial charge in [-0.25, -0.2) is 0 Å². The number of amides is 1. The van der Waals surface area contributed by atoms with Gasteiger partial charge in [0.2, 0.25) is 11.7 Å². The van der Waals surface area contributed by atoms with Crippen molar-refractivity contribution < 1.29 is 9.53 Å². The highest BCUT2D eigenvalue weighted by molar-refractivity contribution is 5.75. The normalized spacial score (nSPS) is 15.3. The molecule has 132 valence electrons. The minimum absolute atomic E-state index is 0.0263. The highest BCUT2D eigenvalue weighted by Crippen LogP contribution is 2.27. The molecule has 0 fully saturated rings. The Morgan fingerprint density at radius 3 is 2.88 bits per heavy atom. The number of fused-ring (bicyclic) bond motifs is 1. The molecular formula is C19H19N5O2. The topological polar surface area (TPSA) is 81.9 Å². The van der Waals surface area contributed by atoms with Gasteiger partial charge in [-0.2, -0.15) is 4.80 Å².